The molecule has 0 radical (unpaired) electrons. The topological polar surface area (TPSA) is 29.5 Å². The number of hydrogen-bond donors (Lipinski definition) is 0. The third-order valence-electron chi connectivity index (χ3n) is 2.04. The van der Waals surface area contributed by atoms with E-state index < -0.39 is 0 Å². The maximum atomic E-state index is 11.0. The van der Waals surface area contributed by atoms with Crippen LogP contribution < -0.4 is 0 Å². The molecule has 0 heterocycles. The molecule has 0 saturated heterocycles. The lowest BCUT2D eigenvalue weighted by Gasteiger charge is -2.08. The fraction of sp³-hybridized carbons (Fsp3) is 0.909. The van der Waals surface area contributed by atoms with Crippen molar-refractivity contribution in [1.82, 2.24) is 4.90 Å². The van der Waals surface area contributed by atoms with Crippen LogP contribution in [0.1, 0.15) is 39.0 Å². The third-order valence-corrected chi connectivity index (χ3v) is 2.04. The van der Waals surface area contributed by atoms with Crippen LogP contribution in [0, 0.1) is 0 Å². The highest BCUT2D eigenvalue weighted by atomic mass is 16.5. The van der Waals surface area contributed by atoms with Crippen molar-refractivity contribution in [2.24, 2.45) is 0 Å². The molecular formula is C11H23NO2. The Bertz CT molecular complexity index is 146. The Morgan fingerprint density at radius 1 is 1.14 bits per heavy atom. The van der Waals surface area contributed by atoms with Crippen molar-refractivity contribution < 1.29 is 9.53 Å². The lowest BCUT2D eigenvalue weighted by molar-refractivity contribution is -0.143. The second-order valence-corrected chi connectivity index (χ2v) is 3.77. The van der Waals surface area contributed by atoms with Crippen molar-refractivity contribution in [1.29, 1.82) is 0 Å². The molecule has 0 atom stereocenters. The second kappa shape index (κ2) is 9.00. The summed E-state index contributed by atoms with van der Waals surface area (Å²) in [5.41, 5.74) is 0. The molecule has 0 bridgehead atoms. The van der Waals surface area contributed by atoms with Crippen molar-refractivity contribution in [3.05, 3.63) is 0 Å². The molecule has 0 rings (SSSR count). The predicted octanol–water partition coefficient (Wildman–Crippen LogP) is 2.06. The van der Waals surface area contributed by atoms with Crippen LogP contribution in [0.4, 0.5) is 0 Å². The van der Waals surface area contributed by atoms with Gasteiger partial charge in [-0.15, -0.1) is 0 Å². The average molecular weight is 201 g/mol. The van der Waals surface area contributed by atoms with E-state index in [2.05, 4.69) is 19.0 Å². The maximum absolute atomic E-state index is 11.0. The van der Waals surface area contributed by atoms with E-state index >= 15 is 0 Å². The van der Waals surface area contributed by atoms with Gasteiger partial charge in [0.25, 0.3) is 0 Å². The normalized spacial score (nSPS) is 10.6. The highest BCUT2D eigenvalue weighted by Crippen LogP contribution is 2.04. The van der Waals surface area contributed by atoms with Gasteiger partial charge in [0.15, 0.2) is 0 Å². The molecule has 0 unspecified atom stereocenters. The summed E-state index contributed by atoms with van der Waals surface area (Å²) < 4.78 is 4.84. The Hall–Kier alpha value is -0.570. The summed E-state index contributed by atoms with van der Waals surface area (Å²) in [6.07, 6.45) is 5.10. The van der Waals surface area contributed by atoms with E-state index in [1.807, 2.05) is 6.92 Å². The monoisotopic (exact) mass is 201 g/mol. The van der Waals surface area contributed by atoms with Crippen LogP contribution >= 0.6 is 0 Å². The molecule has 0 aliphatic carbocycles. The number of esters is 1. The van der Waals surface area contributed by atoms with Gasteiger partial charge in [-0.25, -0.2) is 0 Å². The van der Waals surface area contributed by atoms with E-state index in [4.69, 9.17) is 4.74 Å². The van der Waals surface area contributed by atoms with Gasteiger partial charge in [-0.05, 0) is 40.4 Å². The van der Waals surface area contributed by atoms with E-state index in [0.717, 1.165) is 19.4 Å². The van der Waals surface area contributed by atoms with Crippen LogP contribution in [0.5, 0.6) is 0 Å². The Morgan fingerprint density at radius 3 is 2.36 bits per heavy atom. The minimum Gasteiger partial charge on any atom is -0.466 e. The summed E-state index contributed by atoms with van der Waals surface area (Å²) in [6.45, 7) is 3.48. The minimum absolute atomic E-state index is 0.0555. The molecule has 0 spiro atoms. The summed E-state index contributed by atoms with van der Waals surface area (Å²) in [5.74, 6) is -0.0555. The molecule has 3 nitrogen and oxygen atoms in total. The first-order valence-electron chi connectivity index (χ1n) is 5.47. The van der Waals surface area contributed by atoms with Crippen molar-refractivity contribution >= 4 is 5.97 Å². The summed E-state index contributed by atoms with van der Waals surface area (Å²) in [7, 11) is 4.16. The van der Waals surface area contributed by atoms with Crippen molar-refractivity contribution in [3.63, 3.8) is 0 Å². The zero-order chi connectivity index (χ0) is 10.8. The van der Waals surface area contributed by atoms with Crippen LogP contribution in [-0.4, -0.2) is 38.1 Å². The quantitative estimate of drug-likeness (QED) is 0.445. The minimum atomic E-state index is -0.0555. The molecule has 14 heavy (non-hydrogen) atoms. The Labute approximate surface area is 87.4 Å². The first-order valence-corrected chi connectivity index (χ1v) is 5.47. The molecule has 0 aromatic carbocycles. The van der Waals surface area contributed by atoms with Gasteiger partial charge >= 0.3 is 5.97 Å². The molecule has 0 aliphatic heterocycles. The number of unbranched alkanes of at least 4 members (excludes halogenated alkanes) is 3. The van der Waals surface area contributed by atoms with Gasteiger partial charge in [-0.2, -0.15) is 0 Å². The van der Waals surface area contributed by atoms with Crippen LogP contribution in [0.3, 0.4) is 0 Å². The zero-order valence-corrected chi connectivity index (χ0v) is 9.71. The van der Waals surface area contributed by atoms with Gasteiger partial charge in [0, 0.05) is 6.42 Å². The molecule has 84 valence electrons. The number of carbonyl (C=O) groups excluding carboxylic acids is 1. The van der Waals surface area contributed by atoms with Gasteiger partial charge in [0.1, 0.15) is 0 Å². The van der Waals surface area contributed by atoms with E-state index in [0.29, 0.717) is 13.0 Å². The number of rotatable bonds is 8. The second-order valence-electron chi connectivity index (χ2n) is 3.77. The lowest BCUT2D eigenvalue weighted by Crippen LogP contribution is -2.12. The number of nitrogens with zero attached hydrogens (tertiary/aromatic N) is 1. The number of carbonyl (C=O) groups is 1. The van der Waals surface area contributed by atoms with Gasteiger partial charge in [0.05, 0.1) is 6.61 Å². The maximum Gasteiger partial charge on any atom is 0.305 e. The van der Waals surface area contributed by atoms with Crippen molar-refractivity contribution in [3.8, 4) is 0 Å². The van der Waals surface area contributed by atoms with Crippen LogP contribution in [-0.2, 0) is 9.53 Å². The van der Waals surface area contributed by atoms with Gasteiger partial charge < -0.3 is 9.64 Å². The fourth-order valence-corrected chi connectivity index (χ4v) is 1.28. The zero-order valence-electron chi connectivity index (χ0n) is 9.71. The summed E-state index contributed by atoms with van der Waals surface area (Å²) in [5, 5.41) is 0. The summed E-state index contributed by atoms with van der Waals surface area (Å²) in [6, 6.07) is 0. The Morgan fingerprint density at radius 2 is 1.79 bits per heavy atom. The molecule has 0 aromatic rings. The van der Waals surface area contributed by atoms with Crippen LogP contribution in [0.25, 0.3) is 0 Å². The van der Waals surface area contributed by atoms with Gasteiger partial charge in [-0.3, -0.25) is 4.79 Å². The highest BCUT2D eigenvalue weighted by Gasteiger charge is 2.00. The highest BCUT2D eigenvalue weighted by molar-refractivity contribution is 5.69. The van der Waals surface area contributed by atoms with E-state index in [9.17, 15) is 4.79 Å². The molecule has 0 amide bonds. The summed E-state index contributed by atoms with van der Waals surface area (Å²) >= 11 is 0. The van der Waals surface area contributed by atoms with Crippen molar-refractivity contribution in [2.75, 3.05) is 27.2 Å². The van der Waals surface area contributed by atoms with Crippen molar-refractivity contribution in [2.45, 2.75) is 39.0 Å². The molecule has 0 aliphatic rings. The largest absolute Gasteiger partial charge is 0.466 e. The third kappa shape index (κ3) is 9.52. The number of ether oxygens (including phenoxy) is 1. The molecule has 3 heteroatoms. The Balaban J connectivity index is 3.09. The first kappa shape index (κ1) is 13.4. The lowest BCUT2D eigenvalue weighted by atomic mass is 10.1. The van der Waals surface area contributed by atoms with Gasteiger partial charge in [0.2, 0.25) is 0 Å². The molecular weight excluding hydrogens is 178 g/mol. The first-order chi connectivity index (χ1) is 6.66. The predicted molar refractivity (Wildman–Crippen MR) is 58.3 cm³/mol. The van der Waals surface area contributed by atoms with E-state index in [-0.39, 0.29) is 5.97 Å². The SMILES string of the molecule is CCOC(=O)CCCCCCN(C)C. The molecule has 0 fully saturated rings. The summed E-state index contributed by atoms with van der Waals surface area (Å²) in [4.78, 5) is 13.1. The van der Waals surface area contributed by atoms with Gasteiger partial charge in [-0.1, -0.05) is 12.8 Å². The molecule has 0 N–H and O–H groups in total. The van der Waals surface area contributed by atoms with E-state index in [1.165, 1.54) is 12.8 Å². The Kier molecular flexibility index (Phi) is 8.64. The average Bonchev–Trinajstić information content (AvgIpc) is 2.11. The smallest absolute Gasteiger partial charge is 0.305 e. The number of hydrogen-bond acceptors (Lipinski definition) is 3. The van der Waals surface area contributed by atoms with Crippen LogP contribution in [0.15, 0.2) is 0 Å². The van der Waals surface area contributed by atoms with E-state index in [1.54, 1.807) is 0 Å². The molecule has 0 aromatic heterocycles. The molecule has 0 saturated carbocycles. The standard InChI is InChI=1S/C11H23NO2/c1-4-14-11(13)9-7-5-6-8-10-12(2)3/h4-10H2,1-3H3. The fourth-order valence-electron chi connectivity index (χ4n) is 1.28. The van der Waals surface area contributed by atoms with Crippen LogP contribution in [0.2, 0.25) is 0 Å².